The van der Waals surface area contributed by atoms with Crippen LogP contribution in [0.4, 0.5) is 4.39 Å². The van der Waals surface area contributed by atoms with Gasteiger partial charge in [-0.15, -0.1) is 11.6 Å². The van der Waals surface area contributed by atoms with Crippen LogP contribution in [0.2, 0.25) is 0 Å². The van der Waals surface area contributed by atoms with Crippen molar-refractivity contribution in [1.29, 1.82) is 5.41 Å². The summed E-state index contributed by atoms with van der Waals surface area (Å²) in [6, 6.07) is -0.288. The summed E-state index contributed by atoms with van der Waals surface area (Å²) in [6.07, 6.45) is 5.84. The molecule has 4 fully saturated rings. The van der Waals surface area contributed by atoms with Gasteiger partial charge in [-0.25, -0.2) is 4.39 Å². The second-order valence-electron chi connectivity index (χ2n) is 10.4. The van der Waals surface area contributed by atoms with Gasteiger partial charge >= 0.3 is 0 Å². The van der Waals surface area contributed by atoms with Gasteiger partial charge in [-0.05, 0) is 69.6 Å². The molecule has 0 spiro atoms. The van der Waals surface area contributed by atoms with Crippen LogP contribution in [0.15, 0.2) is 0 Å². The summed E-state index contributed by atoms with van der Waals surface area (Å²) in [5.74, 6) is 0.595. The van der Waals surface area contributed by atoms with Crippen molar-refractivity contribution in [3.05, 3.63) is 0 Å². The van der Waals surface area contributed by atoms with Gasteiger partial charge < -0.3 is 16.4 Å². The van der Waals surface area contributed by atoms with Gasteiger partial charge in [0.15, 0.2) is 0 Å². The van der Waals surface area contributed by atoms with Crippen LogP contribution in [-0.2, 0) is 9.59 Å². The molecule has 0 aromatic heterocycles. The largest absolute Gasteiger partial charge is 0.387 e. The number of fused-ring (bicyclic) bond motifs is 1. The monoisotopic (exact) mass is 469 g/mol. The summed E-state index contributed by atoms with van der Waals surface area (Å²) in [6.45, 7) is 1.66. The van der Waals surface area contributed by atoms with E-state index < -0.39 is 12.2 Å². The molecule has 2 aliphatic carbocycles. The highest BCUT2D eigenvalue weighted by Crippen LogP contribution is 2.46. The van der Waals surface area contributed by atoms with Crippen LogP contribution >= 0.6 is 11.6 Å². The van der Waals surface area contributed by atoms with Crippen molar-refractivity contribution >= 4 is 29.3 Å². The number of primary amides is 1. The summed E-state index contributed by atoms with van der Waals surface area (Å²) in [5, 5.41) is 7.67. The molecular formula is C23H37ClFN5O2. The fraction of sp³-hybridized carbons (Fsp3) is 0.870. The first-order valence-corrected chi connectivity index (χ1v) is 12.7. The Morgan fingerprint density at radius 1 is 0.969 bits per heavy atom. The first-order chi connectivity index (χ1) is 15.3. The molecule has 0 radical (unpaired) electrons. The minimum absolute atomic E-state index is 0.0245. The summed E-state index contributed by atoms with van der Waals surface area (Å²) in [5.41, 5.74) is 11.4. The van der Waals surface area contributed by atoms with Crippen molar-refractivity contribution in [2.24, 2.45) is 35.1 Å². The molecule has 0 aromatic carbocycles. The quantitative estimate of drug-likeness (QED) is 0.325. The Morgan fingerprint density at radius 3 is 2.19 bits per heavy atom. The van der Waals surface area contributed by atoms with Gasteiger partial charge in [-0.3, -0.25) is 19.9 Å². The van der Waals surface area contributed by atoms with Crippen molar-refractivity contribution in [3.8, 4) is 0 Å². The van der Waals surface area contributed by atoms with Gasteiger partial charge in [0, 0.05) is 37.5 Å². The Kier molecular flexibility index (Phi) is 7.30. The zero-order chi connectivity index (χ0) is 23.0. The van der Waals surface area contributed by atoms with Crippen molar-refractivity contribution in [2.45, 2.75) is 81.4 Å². The number of likely N-dealkylation sites (tertiary alicyclic amines) is 2. The lowest BCUT2D eigenvalue weighted by Crippen LogP contribution is -2.53. The molecule has 180 valence electrons. The molecule has 5 unspecified atom stereocenters. The molecule has 2 amide bonds. The molecule has 7 nitrogen and oxygen atoms in total. The zero-order valence-electron chi connectivity index (χ0n) is 18.7. The van der Waals surface area contributed by atoms with Crippen LogP contribution in [0, 0.1) is 29.1 Å². The Labute approximate surface area is 194 Å². The Morgan fingerprint density at radius 2 is 1.59 bits per heavy atom. The number of nitrogens with two attached hydrogens (primary N) is 2. The second kappa shape index (κ2) is 9.84. The predicted molar refractivity (Wildman–Crippen MR) is 122 cm³/mol. The first-order valence-electron chi connectivity index (χ1n) is 12.2. The first kappa shape index (κ1) is 23.7. The van der Waals surface area contributed by atoms with E-state index in [2.05, 4.69) is 4.90 Å². The number of carbonyl (C=O) groups excluding carboxylic acids is 2. The average Bonchev–Trinajstić information content (AvgIpc) is 3.05. The number of hydrogen-bond acceptors (Lipinski definition) is 4. The van der Waals surface area contributed by atoms with Crippen LogP contribution in [-0.4, -0.2) is 70.7 Å². The molecular weight excluding hydrogens is 433 g/mol. The number of alkyl halides is 2. The van der Waals surface area contributed by atoms with E-state index in [-0.39, 0.29) is 46.8 Å². The standard InChI is InChI=1S/C23H37ClFN5O2/c24-19-17-6-5-15(21(26)27)11-18(17)30(12-13-1-3-14(4-2-13)22(28)31)20(19)23(32)29-9-7-16(25)8-10-29/h13-20H,1-12H2,(H3,26,27)(H2,28,31). The van der Waals surface area contributed by atoms with E-state index in [1.807, 2.05) is 0 Å². The van der Waals surface area contributed by atoms with E-state index in [0.717, 1.165) is 51.5 Å². The summed E-state index contributed by atoms with van der Waals surface area (Å²) in [7, 11) is 0. The molecule has 4 aliphatic rings. The number of amidine groups is 1. The van der Waals surface area contributed by atoms with Crippen LogP contribution in [0.3, 0.4) is 0 Å². The molecule has 32 heavy (non-hydrogen) atoms. The number of nitrogens with zero attached hydrogens (tertiary/aromatic N) is 2. The molecule has 0 aromatic rings. The van der Waals surface area contributed by atoms with Gasteiger partial charge in [0.25, 0.3) is 0 Å². The minimum Gasteiger partial charge on any atom is -0.387 e. The third-order valence-electron chi connectivity index (χ3n) is 8.51. The highest BCUT2D eigenvalue weighted by atomic mass is 35.5. The maximum atomic E-state index is 13.7. The smallest absolute Gasteiger partial charge is 0.241 e. The van der Waals surface area contributed by atoms with E-state index in [1.54, 1.807) is 4.90 Å². The molecule has 2 saturated heterocycles. The third-order valence-corrected chi connectivity index (χ3v) is 9.07. The number of rotatable bonds is 5. The van der Waals surface area contributed by atoms with Gasteiger partial charge in [0.05, 0.1) is 11.2 Å². The lowest BCUT2D eigenvalue weighted by atomic mass is 9.77. The molecule has 2 saturated carbocycles. The molecule has 9 heteroatoms. The number of halogens is 2. The fourth-order valence-electron chi connectivity index (χ4n) is 6.54. The Balaban J connectivity index is 1.52. The average molecular weight is 470 g/mol. The molecule has 5 N–H and O–H groups in total. The highest BCUT2D eigenvalue weighted by Gasteiger charge is 2.54. The SMILES string of the molecule is N=C(N)C1CCC2C(Cl)C(C(=O)N3CCC(F)CC3)N(CC3CCC(C(N)=O)CC3)C2C1. The van der Waals surface area contributed by atoms with Crippen molar-refractivity contribution in [3.63, 3.8) is 0 Å². The molecule has 4 rings (SSSR count). The van der Waals surface area contributed by atoms with Crippen LogP contribution in [0.25, 0.3) is 0 Å². The Bertz CT molecular complexity index is 723. The van der Waals surface area contributed by atoms with E-state index in [4.69, 9.17) is 28.5 Å². The number of nitrogens with one attached hydrogen (secondary N) is 1. The van der Waals surface area contributed by atoms with Gasteiger partial charge in [-0.2, -0.15) is 0 Å². The van der Waals surface area contributed by atoms with Gasteiger partial charge in [0.1, 0.15) is 12.2 Å². The third kappa shape index (κ3) is 4.76. The predicted octanol–water partition coefficient (Wildman–Crippen LogP) is 2.25. The lowest BCUT2D eigenvalue weighted by molar-refractivity contribution is -0.138. The molecule has 0 bridgehead atoms. The second-order valence-corrected chi connectivity index (χ2v) is 10.9. The van der Waals surface area contributed by atoms with E-state index in [0.29, 0.717) is 31.8 Å². The van der Waals surface area contributed by atoms with Gasteiger partial charge in [-0.1, -0.05) is 0 Å². The lowest BCUT2D eigenvalue weighted by Gasteiger charge is -2.40. The summed E-state index contributed by atoms with van der Waals surface area (Å²) < 4.78 is 13.7. The Hall–Kier alpha value is -1.41. The number of piperidine rings is 1. The number of carbonyl (C=O) groups is 2. The molecule has 2 aliphatic heterocycles. The summed E-state index contributed by atoms with van der Waals surface area (Å²) in [4.78, 5) is 29.3. The zero-order valence-corrected chi connectivity index (χ0v) is 19.5. The summed E-state index contributed by atoms with van der Waals surface area (Å²) >= 11 is 6.99. The highest BCUT2D eigenvalue weighted by molar-refractivity contribution is 6.23. The normalized spacial score (nSPS) is 38.9. The van der Waals surface area contributed by atoms with Crippen LogP contribution in [0.5, 0.6) is 0 Å². The van der Waals surface area contributed by atoms with Gasteiger partial charge in [0.2, 0.25) is 11.8 Å². The molecule has 5 atom stereocenters. The molecule has 2 heterocycles. The number of amides is 2. The number of hydrogen-bond donors (Lipinski definition) is 3. The van der Waals surface area contributed by atoms with E-state index in [9.17, 15) is 14.0 Å². The van der Waals surface area contributed by atoms with E-state index >= 15 is 0 Å². The van der Waals surface area contributed by atoms with E-state index in [1.165, 1.54) is 0 Å². The van der Waals surface area contributed by atoms with Crippen LogP contribution in [0.1, 0.15) is 57.8 Å². The maximum Gasteiger partial charge on any atom is 0.241 e. The van der Waals surface area contributed by atoms with Crippen LogP contribution < -0.4 is 11.5 Å². The van der Waals surface area contributed by atoms with Crippen molar-refractivity contribution in [2.75, 3.05) is 19.6 Å². The van der Waals surface area contributed by atoms with Crippen molar-refractivity contribution < 1.29 is 14.0 Å². The topological polar surface area (TPSA) is 117 Å². The maximum absolute atomic E-state index is 13.7. The van der Waals surface area contributed by atoms with Crippen molar-refractivity contribution in [1.82, 2.24) is 9.80 Å². The minimum atomic E-state index is -0.829. The fourth-order valence-corrected chi connectivity index (χ4v) is 7.09.